The summed E-state index contributed by atoms with van der Waals surface area (Å²) in [6.07, 6.45) is 11.0. The minimum Gasteiger partial charge on any atom is -0.341 e. The molecule has 1 amide bonds. The maximum atomic E-state index is 12.4. The molecule has 0 saturated heterocycles. The van der Waals surface area contributed by atoms with Crippen LogP contribution in [-0.4, -0.2) is 39.0 Å². The summed E-state index contributed by atoms with van der Waals surface area (Å²) in [5.41, 5.74) is 1.40. The Labute approximate surface area is 117 Å². The number of carbonyl (C=O) groups excluding carboxylic acids is 1. The van der Waals surface area contributed by atoms with Gasteiger partial charge in [0.1, 0.15) is 6.33 Å². The van der Waals surface area contributed by atoms with E-state index in [9.17, 15) is 4.79 Å². The molecule has 1 aliphatic carbocycles. The van der Waals surface area contributed by atoms with Gasteiger partial charge in [-0.15, -0.1) is 0 Å². The van der Waals surface area contributed by atoms with Gasteiger partial charge < -0.3 is 4.90 Å². The highest BCUT2D eigenvalue weighted by Gasteiger charge is 2.18. The molecule has 20 heavy (non-hydrogen) atoms. The minimum absolute atomic E-state index is 0.0388. The summed E-state index contributed by atoms with van der Waals surface area (Å²) < 4.78 is 1.63. The van der Waals surface area contributed by atoms with Gasteiger partial charge in [-0.1, -0.05) is 12.2 Å². The third-order valence-electron chi connectivity index (χ3n) is 3.78. The standard InChI is InChI=1S/C15H18N4O/c1-18(9-12-5-3-2-4-6-12)15(20)13-7-8-14-16-11-17-19(14)10-13/h2-3,7-8,10-12H,4-6,9H2,1H3. The summed E-state index contributed by atoms with van der Waals surface area (Å²) in [4.78, 5) is 18.3. The van der Waals surface area contributed by atoms with Gasteiger partial charge in [0.25, 0.3) is 5.91 Å². The molecule has 1 aliphatic rings. The summed E-state index contributed by atoms with van der Waals surface area (Å²) in [5, 5.41) is 4.06. The molecule has 0 aliphatic heterocycles. The molecule has 5 nitrogen and oxygen atoms in total. The van der Waals surface area contributed by atoms with Crippen LogP contribution in [0, 0.1) is 5.92 Å². The molecule has 2 aromatic heterocycles. The van der Waals surface area contributed by atoms with Crippen molar-refractivity contribution in [2.75, 3.05) is 13.6 Å². The molecular formula is C15H18N4O. The van der Waals surface area contributed by atoms with Gasteiger partial charge in [0.05, 0.1) is 5.56 Å². The fourth-order valence-electron chi connectivity index (χ4n) is 2.66. The molecular weight excluding hydrogens is 252 g/mol. The Balaban J connectivity index is 1.71. The van der Waals surface area contributed by atoms with E-state index >= 15 is 0 Å². The Morgan fingerprint density at radius 1 is 1.45 bits per heavy atom. The monoisotopic (exact) mass is 270 g/mol. The summed E-state index contributed by atoms with van der Waals surface area (Å²) in [6.45, 7) is 0.804. The first-order valence-electron chi connectivity index (χ1n) is 6.94. The van der Waals surface area contributed by atoms with E-state index in [2.05, 4.69) is 22.2 Å². The van der Waals surface area contributed by atoms with E-state index in [0.29, 0.717) is 11.5 Å². The molecule has 0 aromatic carbocycles. The van der Waals surface area contributed by atoms with Crippen LogP contribution in [0.3, 0.4) is 0 Å². The maximum Gasteiger partial charge on any atom is 0.255 e. The van der Waals surface area contributed by atoms with Gasteiger partial charge in [0.15, 0.2) is 5.65 Å². The smallest absolute Gasteiger partial charge is 0.255 e. The average Bonchev–Trinajstić information content (AvgIpc) is 2.94. The first-order chi connectivity index (χ1) is 9.74. The maximum absolute atomic E-state index is 12.4. The van der Waals surface area contributed by atoms with Crippen molar-refractivity contribution in [2.45, 2.75) is 19.3 Å². The number of carbonyl (C=O) groups is 1. The number of hydrogen-bond acceptors (Lipinski definition) is 3. The second kappa shape index (κ2) is 5.45. The zero-order valence-corrected chi connectivity index (χ0v) is 11.6. The lowest BCUT2D eigenvalue weighted by Crippen LogP contribution is -2.32. The van der Waals surface area contributed by atoms with Crippen molar-refractivity contribution in [3.8, 4) is 0 Å². The number of amides is 1. The summed E-state index contributed by atoms with van der Waals surface area (Å²) in [7, 11) is 1.87. The van der Waals surface area contributed by atoms with E-state index < -0.39 is 0 Å². The molecule has 2 heterocycles. The molecule has 0 saturated carbocycles. The van der Waals surface area contributed by atoms with Crippen molar-refractivity contribution < 1.29 is 4.79 Å². The summed E-state index contributed by atoms with van der Waals surface area (Å²) >= 11 is 0. The molecule has 5 heteroatoms. The van der Waals surface area contributed by atoms with Gasteiger partial charge in [-0.05, 0) is 37.3 Å². The fraction of sp³-hybridized carbons (Fsp3) is 0.400. The van der Waals surface area contributed by atoms with Gasteiger partial charge in [-0.3, -0.25) is 4.79 Å². The fourth-order valence-corrected chi connectivity index (χ4v) is 2.66. The van der Waals surface area contributed by atoms with Gasteiger partial charge in [0.2, 0.25) is 0 Å². The zero-order valence-electron chi connectivity index (χ0n) is 11.6. The van der Waals surface area contributed by atoms with Crippen molar-refractivity contribution in [2.24, 2.45) is 5.92 Å². The van der Waals surface area contributed by atoms with Crippen LogP contribution in [0.15, 0.2) is 36.8 Å². The Morgan fingerprint density at radius 2 is 2.35 bits per heavy atom. The quantitative estimate of drug-likeness (QED) is 0.803. The van der Waals surface area contributed by atoms with Crippen LogP contribution < -0.4 is 0 Å². The van der Waals surface area contributed by atoms with E-state index in [1.54, 1.807) is 10.7 Å². The predicted octanol–water partition coefficient (Wildman–Crippen LogP) is 2.16. The number of fused-ring (bicyclic) bond motifs is 1. The molecule has 0 bridgehead atoms. The van der Waals surface area contributed by atoms with Crippen molar-refractivity contribution in [1.29, 1.82) is 0 Å². The second-order valence-corrected chi connectivity index (χ2v) is 5.32. The van der Waals surface area contributed by atoms with Crippen molar-refractivity contribution in [1.82, 2.24) is 19.5 Å². The first-order valence-corrected chi connectivity index (χ1v) is 6.94. The molecule has 104 valence electrons. The zero-order chi connectivity index (χ0) is 13.9. The summed E-state index contributed by atoms with van der Waals surface area (Å²) in [6, 6.07) is 3.63. The van der Waals surface area contributed by atoms with Crippen LogP contribution in [-0.2, 0) is 0 Å². The number of rotatable bonds is 3. The molecule has 0 spiro atoms. The van der Waals surface area contributed by atoms with Crippen LogP contribution in [0.25, 0.3) is 5.65 Å². The largest absolute Gasteiger partial charge is 0.341 e. The number of pyridine rings is 1. The van der Waals surface area contributed by atoms with Crippen molar-refractivity contribution >= 4 is 11.6 Å². The third-order valence-corrected chi connectivity index (χ3v) is 3.78. The van der Waals surface area contributed by atoms with Crippen LogP contribution in [0.2, 0.25) is 0 Å². The Morgan fingerprint density at radius 3 is 3.15 bits per heavy atom. The summed E-state index contributed by atoms with van der Waals surface area (Å²) in [5.74, 6) is 0.612. The van der Waals surface area contributed by atoms with Crippen LogP contribution >= 0.6 is 0 Å². The van der Waals surface area contributed by atoms with Crippen LogP contribution in [0.4, 0.5) is 0 Å². The molecule has 1 unspecified atom stereocenters. The number of aromatic nitrogens is 3. The van der Waals surface area contributed by atoms with Crippen LogP contribution in [0.5, 0.6) is 0 Å². The molecule has 0 radical (unpaired) electrons. The number of allylic oxidation sites excluding steroid dienone is 2. The number of hydrogen-bond donors (Lipinski definition) is 0. The van der Waals surface area contributed by atoms with Crippen molar-refractivity contribution in [3.63, 3.8) is 0 Å². The van der Waals surface area contributed by atoms with Crippen molar-refractivity contribution in [3.05, 3.63) is 42.4 Å². The van der Waals surface area contributed by atoms with E-state index in [1.165, 1.54) is 6.33 Å². The van der Waals surface area contributed by atoms with E-state index in [4.69, 9.17) is 0 Å². The Kier molecular flexibility index (Phi) is 3.50. The van der Waals surface area contributed by atoms with Gasteiger partial charge in [0, 0.05) is 19.8 Å². The third kappa shape index (κ3) is 2.57. The van der Waals surface area contributed by atoms with Gasteiger partial charge >= 0.3 is 0 Å². The lowest BCUT2D eigenvalue weighted by atomic mass is 9.94. The van der Waals surface area contributed by atoms with E-state index in [-0.39, 0.29) is 5.91 Å². The molecule has 1 atom stereocenters. The highest BCUT2D eigenvalue weighted by molar-refractivity contribution is 5.94. The second-order valence-electron chi connectivity index (χ2n) is 5.32. The Bertz CT molecular complexity index is 646. The Hall–Kier alpha value is -2.17. The van der Waals surface area contributed by atoms with Crippen LogP contribution in [0.1, 0.15) is 29.6 Å². The van der Waals surface area contributed by atoms with E-state index in [0.717, 1.165) is 31.5 Å². The van der Waals surface area contributed by atoms with Gasteiger partial charge in [-0.2, -0.15) is 5.10 Å². The van der Waals surface area contributed by atoms with Gasteiger partial charge in [-0.25, -0.2) is 9.50 Å². The van der Waals surface area contributed by atoms with E-state index in [1.807, 2.05) is 24.1 Å². The average molecular weight is 270 g/mol. The lowest BCUT2D eigenvalue weighted by Gasteiger charge is -2.25. The normalized spacial score (nSPS) is 18.4. The number of nitrogens with zero attached hydrogens (tertiary/aromatic N) is 4. The molecule has 0 fully saturated rings. The molecule has 2 aromatic rings. The highest BCUT2D eigenvalue weighted by Crippen LogP contribution is 2.19. The topological polar surface area (TPSA) is 50.5 Å². The lowest BCUT2D eigenvalue weighted by molar-refractivity contribution is 0.0769. The minimum atomic E-state index is 0.0388. The first kappa shape index (κ1) is 12.8. The predicted molar refractivity (Wildman–Crippen MR) is 76.4 cm³/mol. The molecule has 3 rings (SSSR count). The SMILES string of the molecule is CN(CC1CC=CCC1)C(=O)c1ccc2ncnn2c1. The molecule has 0 N–H and O–H groups in total. The highest BCUT2D eigenvalue weighted by atomic mass is 16.2.